The van der Waals surface area contributed by atoms with Crippen LogP contribution in [0.25, 0.3) is 0 Å². The van der Waals surface area contributed by atoms with Crippen molar-refractivity contribution in [2.45, 2.75) is 45.6 Å². The van der Waals surface area contributed by atoms with Gasteiger partial charge in [-0.2, -0.15) is 0 Å². The third kappa shape index (κ3) is 4.64. The summed E-state index contributed by atoms with van der Waals surface area (Å²) < 4.78 is 0. The van der Waals surface area contributed by atoms with E-state index in [4.69, 9.17) is 5.73 Å². The van der Waals surface area contributed by atoms with E-state index >= 15 is 0 Å². The van der Waals surface area contributed by atoms with Gasteiger partial charge >= 0.3 is 0 Å². The molecule has 0 heterocycles. The van der Waals surface area contributed by atoms with Crippen LogP contribution in [0.4, 0.5) is 0 Å². The zero-order valence-corrected chi connectivity index (χ0v) is 11.4. The number of carbonyl (C=O) groups is 2. The second-order valence-corrected chi connectivity index (χ2v) is 5.22. The molecular formula is C13H25N3O2. The summed E-state index contributed by atoms with van der Waals surface area (Å²) in [5, 5.41) is 5.42. The van der Waals surface area contributed by atoms with Gasteiger partial charge in [-0.1, -0.05) is 13.8 Å². The molecule has 0 aromatic heterocycles. The molecule has 1 aliphatic rings. The fourth-order valence-corrected chi connectivity index (χ4v) is 2.23. The Morgan fingerprint density at radius 3 is 2.61 bits per heavy atom. The van der Waals surface area contributed by atoms with Crippen molar-refractivity contribution in [2.24, 2.45) is 17.6 Å². The second kappa shape index (κ2) is 7.36. The Kier molecular flexibility index (Phi) is 6.12. The van der Waals surface area contributed by atoms with E-state index in [2.05, 4.69) is 17.6 Å². The van der Waals surface area contributed by atoms with Crippen LogP contribution in [-0.4, -0.2) is 30.9 Å². The summed E-state index contributed by atoms with van der Waals surface area (Å²) in [6.07, 6.45) is 3.48. The fraction of sp³-hybridized carbons (Fsp3) is 0.846. The first-order chi connectivity index (χ1) is 8.54. The molecule has 1 rings (SSSR count). The molecule has 4 N–H and O–H groups in total. The van der Waals surface area contributed by atoms with Crippen molar-refractivity contribution in [1.82, 2.24) is 10.6 Å². The number of hydrogen-bond acceptors (Lipinski definition) is 3. The SMILES string of the molecule is CCCNC(=O)CNC(=O)C1CCC(C)C(N)C1. The van der Waals surface area contributed by atoms with Crippen LogP contribution in [0.1, 0.15) is 39.5 Å². The van der Waals surface area contributed by atoms with Crippen LogP contribution in [0.3, 0.4) is 0 Å². The van der Waals surface area contributed by atoms with Crippen molar-refractivity contribution in [3.05, 3.63) is 0 Å². The lowest BCUT2D eigenvalue weighted by molar-refractivity contribution is -0.129. The normalized spacial score (nSPS) is 27.6. The molecule has 1 fully saturated rings. The summed E-state index contributed by atoms with van der Waals surface area (Å²) in [5.74, 6) is 0.291. The molecule has 0 bridgehead atoms. The summed E-state index contributed by atoms with van der Waals surface area (Å²) in [6, 6.07) is 0.100. The first-order valence-electron chi connectivity index (χ1n) is 6.84. The van der Waals surface area contributed by atoms with Gasteiger partial charge in [-0.3, -0.25) is 9.59 Å². The molecule has 3 atom stereocenters. The van der Waals surface area contributed by atoms with Gasteiger partial charge in [0.15, 0.2) is 0 Å². The average Bonchev–Trinajstić information content (AvgIpc) is 2.36. The molecule has 3 unspecified atom stereocenters. The predicted molar refractivity (Wildman–Crippen MR) is 70.8 cm³/mol. The molecule has 0 aromatic rings. The first-order valence-corrected chi connectivity index (χ1v) is 6.84. The molecule has 104 valence electrons. The van der Waals surface area contributed by atoms with Crippen molar-refractivity contribution in [3.8, 4) is 0 Å². The second-order valence-electron chi connectivity index (χ2n) is 5.22. The lowest BCUT2D eigenvalue weighted by Crippen LogP contribution is -2.44. The van der Waals surface area contributed by atoms with Crippen LogP contribution in [-0.2, 0) is 9.59 Å². The Balaban J connectivity index is 2.26. The number of carbonyl (C=O) groups excluding carboxylic acids is 2. The highest BCUT2D eigenvalue weighted by Crippen LogP contribution is 2.27. The summed E-state index contributed by atoms with van der Waals surface area (Å²) in [4.78, 5) is 23.2. The summed E-state index contributed by atoms with van der Waals surface area (Å²) in [5.41, 5.74) is 5.97. The lowest BCUT2D eigenvalue weighted by atomic mass is 9.79. The van der Waals surface area contributed by atoms with Gasteiger partial charge in [0.1, 0.15) is 0 Å². The Morgan fingerprint density at radius 1 is 1.28 bits per heavy atom. The van der Waals surface area contributed by atoms with E-state index in [0.29, 0.717) is 12.5 Å². The molecule has 1 saturated carbocycles. The number of nitrogens with two attached hydrogens (primary N) is 1. The molecule has 0 aromatic carbocycles. The minimum absolute atomic E-state index is 0.0322. The zero-order valence-electron chi connectivity index (χ0n) is 11.4. The van der Waals surface area contributed by atoms with Gasteiger partial charge in [-0.15, -0.1) is 0 Å². The standard InChI is InChI=1S/C13H25N3O2/c1-3-6-15-12(17)8-16-13(18)10-5-4-9(2)11(14)7-10/h9-11H,3-8,14H2,1-2H3,(H,15,17)(H,16,18). The van der Waals surface area contributed by atoms with E-state index in [9.17, 15) is 9.59 Å². The molecule has 0 radical (unpaired) electrons. The molecule has 5 nitrogen and oxygen atoms in total. The van der Waals surface area contributed by atoms with E-state index in [0.717, 1.165) is 25.7 Å². The predicted octanol–water partition coefficient (Wildman–Crippen LogP) is 0.392. The monoisotopic (exact) mass is 255 g/mol. The maximum Gasteiger partial charge on any atom is 0.239 e. The molecule has 0 saturated heterocycles. The fourth-order valence-electron chi connectivity index (χ4n) is 2.23. The molecule has 18 heavy (non-hydrogen) atoms. The number of amides is 2. The van der Waals surface area contributed by atoms with Crippen LogP contribution in [0.2, 0.25) is 0 Å². The minimum Gasteiger partial charge on any atom is -0.355 e. The maximum absolute atomic E-state index is 11.9. The quantitative estimate of drug-likeness (QED) is 0.664. The highest BCUT2D eigenvalue weighted by molar-refractivity contribution is 5.85. The van der Waals surface area contributed by atoms with Crippen LogP contribution in [0.5, 0.6) is 0 Å². The lowest BCUT2D eigenvalue weighted by Gasteiger charge is -2.30. The summed E-state index contributed by atoms with van der Waals surface area (Å²) in [7, 11) is 0. The van der Waals surface area contributed by atoms with Gasteiger partial charge in [0.25, 0.3) is 0 Å². The van der Waals surface area contributed by atoms with Crippen LogP contribution in [0, 0.1) is 11.8 Å². The third-order valence-electron chi connectivity index (χ3n) is 3.62. The number of nitrogens with one attached hydrogen (secondary N) is 2. The van der Waals surface area contributed by atoms with Crippen LogP contribution < -0.4 is 16.4 Å². The Bertz CT molecular complexity index is 294. The topological polar surface area (TPSA) is 84.2 Å². The van der Waals surface area contributed by atoms with E-state index in [1.165, 1.54) is 0 Å². The van der Waals surface area contributed by atoms with E-state index < -0.39 is 0 Å². The van der Waals surface area contributed by atoms with Gasteiger partial charge < -0.3 is 16.4 Å². The van der Waals surface area contributed by atoms with Crippen molar-refractivity contribution < 1.29 is 9.59 Å². The highest BCUT2D eigenvalue weighted by Gasteiger charge is 2.29. The van der Waals surface area contributed by atoms with E-state index in [1.54, 1.807) is 0 Å². The van der Waals surface area contributed by atoms with Gasteiger partial charge in [0.2, 0.25) is 11.8 Å². The van der Waals surface area contributed by atoms with Crippen molar-refractivity contribution >= 4 is 11.8 Å². The third-order valence-corrected chi connectivity index (χ3v) is 3.62. The van der Waals surface area contributed by atoms with Gasteiger partial charge in [0, 0.05) is 18.5 Å². The van der Waals surface area contributed by atoms with E-state index in [1.807, 2.05) is 6.92 Å². The highest BCUT2D eigenvalue weighted by atomic mass is 16.2. The summed E-state index contributed by atoms with van der Waals surface area (Å²) >= 11 is 0. The van der Waals surface area contributed by atoms with Crippen molar-refractivity contribution in [3.63, 3.8) is 0 Å². The number of rotatable bonds is 5. The van der Waals surface area contributed by atoms with Crippen LogP contribution in [0.15, 0.2) is 0 Å². The average molecular weight is 255 g/mol. The van der Waals surface area contributed by atoms with Gasteiger partial charge in [0.05, 0.1) is 6.54 Å². The molecule has 5 heteroatoms. The molecule has 2 amide bonds. The molecule has 1 aliphatic carbocycles. The zero-order chi connectivity index (χ0) is 13.5. The van der Waals surface area contributed by atoms with Crippen LogP contribution >= 0.6 is 0 Å². The molecule has 0 aliphatic heterocycles. The smallest absolute Gasteiger partial charge is 0.239 e. The molecule has 0 spiro atoms. The largest absolute Gasteiger partial charge is 0.355 e. The Labute approximate surface area is 109 Å². The maximum atomic E-state index is 11.9. The molecular weight excluding hydrogens is 230 g/mol. The Morgan fingerprint density at radius 2 is 2.00 bits per heavy atom. The van der Waals surface area contributed by atoms with E-state index in [-0.39, 0.29) is 30.3 Å². The van der Waals surface area contributed by atoms with Crippen molar-refractivity contribution in [1.29, 1.82) is 0 Å². The first kappa shape index (κ1) is 15.0. The Hall–Kier alpha value is -1.10. The van der Waals surface area contributed by atoms with Crippen molar-refractivity contribution in [2.75, 3.05) is 13.1 Å². The number of hydrogen-bond donors (Lipinski definition) is 3. The van der Waals surface area contributed by atoms with Gasteiger partial charge in [-0.05, 0) is 31.6 Å². The summed E-state index contributed by atoms with van der Waals surface area (Å²) in [6.45, 7) is 4.83. The van der Waals surface area contributed by atoms with Gasteiger partial charge in [-0.25, -0.2) is 0 Å². The minimum atomic E-state index is -0.126.